The van der Waals surface area contributed by atoms with Crippen molar-refractivity contribution in [2.45, 2.75) is 44.7 Å². The number of aryl methyl sites for hydroxylation is 3. The summed E-state index contributed by atoms with van der Waals surface area (Å²) in [6.07, 6.45) is 0.196. The Labute approximate surface area is 253 Å². The molecule has 9 heteroatoms. The van der Waals surface area contributed by atoms with E-state index < -0.39 is 40.2 Å². The van der Waals surface area contributed by atoms with E-state index in [9.17, 15) is 22.4 Å². The Hall–Kier alpha value is -4.50. The number of nitrogens with zero attached hydrogens (tertiary/aromatic N) is 2. The van der Waals surface area contributed by atoms with E-state index >= 15 is 0 Å². The molecule has 0 radical (unpaired) electrons. The van der Waals surface area contributed by atoms with E-state index in [1.807, 2.05) is 56.3 Å². The highest BCUT2D eigenvalue weighted by Crippen LogP contribution is 2.29. The number of sulfonamides is 1. The molecule has 4 aromatic rings. The van der Waals surface area contributed by atoms with Gasteiger partial charge in [-0.25, -0.2) is 12.8 Å². The molecule has 0 unspecified atom stereocenters. The second-order valence-corrected chi connectivity index (χ2v) is 12.4. The molecule has 0 saturated carbocycles. The van der Waals surface area contributed by atoms with Crippen LogP contribution in [0.3, 0.4) is 0 Å². The topological polar surface area (TPSA) is 86.8 Å². The van der Waals surface area contributed by atoms with Crippen LogP contribution < -0.4 is 9.62 Å². The van der Waals surface area contributed by atoms with Crippen molar-refractivity contribution in [1.82, 2.24) is 10.2 Å². The van der Waals surface area contributed by atoms with E-state index in [1.54, 1.807) is 37.3 Å². The minimum absolute atomic E-state index is 0.0325. The Morgan fingerprint density at radius 3 is 2.07 bits per heavy atom. The van der Waals surface area contributed by atoms with Crippen LogP contribution in [0, 0.1) is 26.6 Å². The molecule has 0 aliphatic heterocycles. The van der Waals surface area contributed by atoms with E-state index in [0.29, 0.717) is 16.8 Å². The lowest BCUT2D eigenvalue weighted by Crippen LogP contribution is -2.53. The van der Waals surface area contributed by atoms with E-state index in [-0.39, 0.29) is 17.9 Å². The molecule has 0 bridgehead atoms. The van der Waals surface area contributed by atoms with Gasteiger partial charge in [0.1, 0.15) is 18.4 Å². The number of amides is 2. The lowest BCUT2D eigenvalue weighted by atomic mass is 10.0. The fourth-order valence-electron chi connectivity index (χ4n) is 4.85. The van der Waals surface area contributed by atoms with Gasteiger partial charge in [0.2, 0.25) is 11.8 Å². The maximum Gasteiger partial charge on any atom is 0.264 e. The maximum atomic E-state index is 14.3. The Kier molecular flexibility index (Phi) is 9.98. The largest absolute Gasteiger partial charge is 0.357 e. The number of rotatable bonds is 11. The summed E-state index contributed by atoms with van der Waals surface area (Å²) in [5.41, 5.74) is 4.19. The van der Waals surface area contributed by atoms with Gasteiger partial charge in [-0.3, -0.25) is 13.9 Å². The number of nitrogens with one attached hydrogen (secondary N) is 1. The number of hydrogen-bond donors (Lipinski definition) is 1. The predicted octanol–water partition coefficient (Wildman–Crippen LogP) is 5.33. The maximum absolute atomic E-state index is 14.3. The van der Waals surface area contributed by atoms with Gasteiger partial charge in [0, 0.05) is 20.0 Å². The summed E-state index contributed by atoms with van der Waals surface area (Å²) in [5.74, 6) is -1.41. The second kappa shape index (κ2) is 13.6. The molecule has 0 aromatic heterocycles. The van der Waals surface area contributed by atoms with Crippen molar-refractivity contribution in [3.05, 3.63) is 131 Å². The molecule has 4 rings (SSSR count). The molecule has 0 fully saturated rings. The number of likely N-dealkylation sites (N-methyl/N-ethyl adjacent to an activating group) is 1. The molecular formula is C34H36FN3O4S. The molecule has 224 valence electrons. The summed E-state index contributed by atoms with van der Waals surface area (Å²) in [6, 6.07) is 25.8. The summed E-state index contributed by atoms with van der Waals surface area (Å²) >= 11 is 0. The van der Waals surface area contributed by atoms with Crippen LogP contribution in [0.2, 0.25) is 0 Å². The molecule has 0 saturated heterocycles. The van der Waals surface area contributed by atoms with E-state index in [2.05, 4.69) is 5.32 Å². The normalized spacial score (nSPS) is 11.9. The number of carbonyl (C=O) groups excluding carboxylic acids is 2. The molecule has 4 aromatic carbocycles. The highest BCUT2D eigenvalue weighted by Gasteiger charge is 2.34. The first-order chi connectivity index (χ1) is 20.5. The van der Waals surface area contributed by atoms with E-state index in [1.165, 1.54) is 36.2 Å². The van der Waals surface area contributed by atoms with E-state index in [0.717, 1.165) is 21.0 Å². The fourth-order valence-corrected chi connectivity index (χ4v) is 6.32. The van der Waals surface area contributed by atoms with Gasteiger partial charge in [-0.05, 0) is 73.4 Å². The van der Waals surface area contributed by atoms with Crippen molar-refractivity contribution < 1.29 is 22.4 Å². The first kappa shape index (κ1) is 31.4. The van der Waals surface area contributed by atoms with Crippen LogP contribution >= 0.6 is 0 Å². The van der Waals surface area contributed by atoms with Crippen LogP contribution in [-0.4, -0.2) is 44.8 Å². The molecule has 0 aliphatic carbocycles. The molecule has 1 atom stereocenters. The molecule has 43 heavy (non-hydrogen) atoms. The Morgan fingerprint density at radius 2 is 1.44 bits per heavy atom. The summed E-state index contributed by atoms with van der Waals surface area (Å²) < 4.78 is 43.1. The summed E-state index contributed by atoms with van der Waals surface area (Å²) in [5, 5.41) is 2.65. The number of carbonyl (C=O) groups is 2. The molecule has 0 aliphatic rings. The highest BCUT2D eigenvalue weighted by molar-refractivity contribution is 7.92. The van der Waals surface area contributed by atoms with Crippen LogP contribution in [0.5, 0.6) is 0 Å². The zero-order chi connectivity index (χ0) is 31.1. The number of hydrogen-bond acceptors (Lipinski definition) is 4. The predicted molar refractivity (Wildman–Crippen MR) is 167 cm³/mol. The standard InChI is InChI=1S/C34H36FN3O4S/c1-24-11-18-30(19-12-24)43(41,42)38(31-20-25(2)10-13-26(31)3)23-33(39)37(22-28-14-16-29(35)17-15-28)32(34(40)36-4)21-27-8-6-5-7-9-27/h5-20,32H,21-23H2,1-4H3,(H,36,40)/t32-/m0/s1. The molecule has 0 heterocycles. The number of benzene rings is 4. The zero-order valence-corrected chi connectivity index (χ0v) is 25.6. The molecule has 2 amide bonds. The van der Waals surface area contributed by atoms with E-state index in [4.69, 9.17) is 0 Å². The van der Waals surface area contributed by atoms with Gasteiger partial charge < -0.3 is 10.2 Å². The van der Waals surface area contributed by atoms with Gasteiger partial charge in [0.25, 0.3) is 10.0 Å². The smallest absolute Gasteiger partial charge is 0.264 e. The first-order valence-electron chi connectivity index (χ1n) is 14.0. The lowest BCUT2D eigenvalue weighted by molar-refractivity contribution is -0.139. The first-order valence-corrected chi connectivity index (χ1v) is 15.4. The minimum atomic E-state index is -4.19. The monoisotopic (exact) mass is 601 g/mol. The summed E-state index contributed by atoms with van der Waals surface area (Å²) in [6.45, 7) is 4.92. The van der Waals surface area contributed by atoms with Gasteiger partial charge in [-0.1, -0.05) is 72.3 Å². The number of halogens is 1. The average molecular weight is 602 g/mol. The third-order valence-corrected chi connectivity index (χ3v) is 9.08. The van der Waals surface area contributed by atoms with Gasteiger partial charge in [0.15, 0.2) is 0 Å². The van der Waals surface area contributed by atoms with Gasteiger partial charge in [0.05, 0.1) is 10.6 Å². The van der Waals surface area contributed by atoms with Crippen LogP contribution in [0.1, 0.15) is 27.8 Å². The van der Waals surface area contributed by atoms with Crippen LogP contribution in [0.25, 0.3) is 0 Å². The fraction of sp³-hybridized carbons (Fsp3) is 0.235. The average Bonchev–Trinajstić information content (AvgIpc) is 3.00. The summed E-state index contributed by atoms with van der Waals surface area (Å²) in [7, 11) is -2.70. The Balaban J connectivity index is 1.81. The third kappa shape index (κ3) is 7.67. The van der Waals surface area contributed by atoms with Gasteiger partial charge >= 0.3 is 0 Å². The van der Waals surface area contributed by atoms with Crippen molar-refractivity contribution >= 4 is 27.5 Å². The lowest BCUT2D eigenvalue weighted by Gasteiger charge is -2.34. The molecule has 7 nitrogen and oxygen atoms in total. The van der Waals surface area contributed by atoms with Crippen molar-refractivity contribution in [2.75, 3.05) is 17.9 Å². The SMILES string of the molecule is CNC(=O)[C@H](Cc1ccccc1)N(Cc1ccc(F)cc1)C(=O)CN(c1cc(C)ccc1C)S(=O)(=O)c1ccc(C)cc1. The Morgan fingerprint density at radius 1 is 0.814 bits per heavy atom. The van der Waals surface area contributed by atoms with Crippen LogP contribution in [0.15, 0.2) is 102 Å². The van der Waals surface area contributed by atoms with Crippen molar-refractivity contribution in [3.63, 3.8) is 0 Å². The minimum Gasteiger partial charge on any atom is -0.357 e. The van der Waals surface area contributed by atoms with Crippen molar-refractivity contribution in [1.29, 1.82) is 0 Å². The van der Waals surface area contributed by atoms with Gasteiger partial charge in [-0.2, -0.15) is 0 Å². The van der Waals surface area contributed by atoms with Crippen molar-refractivity contribution in [2.24, 2.45) is 0 Å². The third-order valence-electron chi connectivity index (χ3n) is 7.30. The summed E-state index contributed by atoms with van der Waals surface area (Å²) in [4.78, 5) is 29.1. The van der Waals surface area contributed by atoms with Crippen LogP contribution in [0.4, 0.5) is 10.1 Å². The Bertz CT molecular complexity index is 1680. The zero-order valence-electron chi connectivity index (χ0n) is 24.7. The van der Waals surface area contributed by atoms with Crippen LogP contribution in [-0.2, 0) is 32.6 Å². The van der Waals surface area contributed by atoms with Gasteiger partial charge in [-0.15, -0.1) is 0 Å². The molecule has 1 N–H and O–H groups in total. The van der Waals surface area contributed by atoms with Crippen molar-refractivity contribution in [3.8, 4) is 0 Å². The second-order valence-electron chi connectivity index (χ2n) is 10.6. The quantitative estimate of drug-likeness (QED) is 0.252. The molecular weight excluding hydrogens is 565 g/mol. The molecule has 0 spiro atoms. The highest BCUT2D eigenvalue weighted by atomic mass is 32.2. The number of anilines is 1.